The normalized spacial score (nSPS) is 10.8. The third-order valence-corrected chi connectivity index (χ3v) is 2.49. The van der Waals surface area contributed by atoms with Gasteiger partial charge in [0.05, 0.1) is 11.6 Å². The summed E-state index contributed by atoms with van der Waals surface area (Å²) in [6.45, 7) is 0. The van der Waals surface area contributed by atoms with Crippen LogP contribution in [0.3, 0.4) is 0 Å². The van der Waals surface area contributed by atoms with Gasteiger partial charge in [0.1, 0.15) is 5.82 Å². The maximum atomic E-state index is 4.35. The van der Waals surface area contributed by atoms with Gasteiger partial charge in [0.15, 0.2) is 11.5 Å². The fourth-order valence-corrected chi connectivity index (χ4v) is 1.65. The van der Waals surface area contributed by atoms with Crippen LogP contribution in [0.2, 0.25) is 0 Å². The second-order valence-corrected chi connectivity index (χ2v) is 3.78. The lowest BCUT2D eigenvalue weighted by atomic mass is 10.4. The molecule has 8 heteroatoms. The van der Waals surface area contributed by atoms with Gasteiger partial charge < -0.3 is 10.6 Å². The van der Waals surface area contributed by atoms with Crippen molar-refractivity contribution in [2.75, 3.05) is 17.7 Å². The van der Waals surface area contributed by atoms with E-state index in [0.717, 1.165) is 11.2 Å². The summed E-state index contributed by atoms with van der Waals surface area (Å²) in [6, 6.07) is 1.87. The fraction of sp³-hybridized carbons (Fsp3) is 0.200. The Morgan fingerprint density at radius 2 is 2.22 bits per heavy atom. The first-order chi connectivity index (χ1) is 8.76. The van der Waals surface area contributed by atoms with Crippen LogP contribution in [0.5, 0.6) is 0 Å². The summed E-state index contributed by atoms with van der Waals surface area (Å²) in [6.07, 6.45) is 3.54. The van der Waals surface area contributed by atoms with E-state index in [1.807, 2.05) is 19.3 Å². The fourth-order valence-electron chi connectivity index (χ4n) is 1.65. The van der Waals surface area contributed by atoms with Gasteiger partial charge in [-0.15, -0.1) is 0 Å². The molecule has 0 atom stereocenters. The summed E-state index contributed by atoms with van der Waals surface area (Å²) in [5, 5.41) is 17.9. The van der Waals surface area contributed by atoms with Crippen LogP contribution in [0, 0.1) is 0 Å². The molecule has 8 nitrogen and oxygen atoms in total. The standard InChI is InChI=1S/C10H12N8/c1-11-10-14-8(6-5-12-16-9(6)15-10)13-7-3-4-18(2)17-7/h3-5H,1-2H3,(H3,11,12,13,14,15,16,17). The van der Waals surface area contributed by atoms with Crippen molar-refractivity contribution < 1.29 is 0 Å². The second-order valence-electron chi connectivity index (χ2n) is 3.78. The number of aromatic amines is 1. The average Bonchev–Trinajstić information content (AvgIpc) is 2.98. The summed E-state index contributed by atoms with van der Waals surface area (Å²) < 4.78 is 1.72. The summed E-state index contributed by atoms with van der Waals surface area (Å²) in [7, 11) is 3.62. The van der Waals surface area contributed by atoms with Gasteiger partial charge >= 0.3 is 0 Å². The highest BCUT2D eigenvalue weighted by Gasteiger charge is 2.09. The van der Waals surface area contributed by atoms with E-state index in [2.05, 4.69) is 35.9 Å². The summed E-state index contributed by atoms with van der Waals surface area (Å²) in [5.74, 6) is 1.91. The first-order valence-corrected chi connectivity index (χ1v) is 5.42. The molecule has 92 valence electrons. The Labute approximate surface area is 102 Å². The zero-order valence-corrected chi connectivity index (χ0v) is 9.97. The van der Waals surface area contributed by atoms with Crippen LogP contribution in [0.1, 0.15) is 0 Å². The molecule has 0 saturated heterocycles. The smallest absolute Gasteiger partial charge is 0.226 e. The molecule has 0 aromatic carbocycles. The van der Waals surface area contributed by atoms with Gasteiger partial charge in [0.2, 0.25) is 5.95 Å². The molecular formula is C10H12N8. The molecule has 0 aliphatic heterocycles. The predicted molar refractivity (Wildman–Crippen MR) is 67.7 cm³/mol. The highest BCUT2D eigenvalue weighted by atomic mass is 15.3. The molecule has 3 N–H and O–H groups in total. The maximum absolute atomic E-state index is 4.35. The Morgan fingerprint density at radius 1 is 1.33 bits per heavy atom. The third-order valence-electron chi connectivity index (χ3n) is 2.49. The number of H-pyrrole nitrogens is 1. The summed E-state index contributed by atoms with van der Waals surface area (Å²) >= 11 is 0. The number of nitrogens with zero attached hydrogens (tertiary/aromatic N) is 5. The van der Waals surface area contributed by atoms with Crippen LogP contribution in [0.4, 0.5) is 17.6 Å². The molecular weight excluding hydrogens is 232 g/mol. The van der Waals surface area contributed by atoms with E-state index >= 15 is 0 Å². The molecule has 3 aromatic heterocycles. The lowest BCUT2D eigenvalue weighted by Crippen LogP contribution is -2.02. The minimum Gasteiger partial charge on any atom is -0.357 e. The van der Waals surface area contributed by atoms with Crippen molar-refractivity contribution in [3.63, 3.8) is 0 Å². The zero-order valence-electron chi connectivity index (χ0n) is 9.97. The highest BCUT2D eigenvalue weighted by Crippen LogP contribution is 2.22. The second kappa shape index (κ2) is 3.99. The monoisotopic (exact) mass is 244 g/mol. The summed E-state index contributed by atoms with van der Waals surface area (Å²) in [5.41, 5.74) is 0.674. The van der Waals surface area contributed by atoms with Crippen molar-refractivity contribution >= 4 is 28.6 Å². The van der Waals surface area contributed by atoms with Crippen LogP contribution in [-0.4, -0.2) is 37.0 Å². The molecule has 0 aliphatic rings. The first kappa shape index (κ1) is 10.5. The van der Waals surface area contributed by atoms with Crippen molar-refractivity contribution in [2.45, 2.75) is 0 Å². The Kier molecular flexibility index (Phi) is 2.33. The SMILES string of the molecule is CNc1nc(Nc2ccn(C)n2)c2cn[nH]c2n1. The molecule has 0 fully saturated rings. The number of aromatic nitrogens is 6. The molecule has 0 saturated carbocycles. The molecule has 3 aromatic rings. The topological polar surface area (TPSA) is 96.3 Å². The Bertz CT molecular complexity index is 682. The third kappa shape index (κ3) is 1.73. The zero-order chi connectivity index (χ0) is 12.5. The number of hydrogen-bond acceptors (Lipinski definition) is 6. The van der Waals surface area contributed by atoms with Crippen LogP contribution in [0.25, 0.3) is 11.0 Å². The highest BCUT2D eigenvalue weighted by molar-refractivity contribution is 5.88. The minimum atomic E-state index is 0.519. The van der Waals surface area contributed by atoms with Gasteiger partial charge in [0.25, 0.3) is 0 Å². The van der Waals surface area contributed by atoms with Crippen molar-refractivity contribution in [3.05, 3.63) is 18.5 Å². The quantitative estimate of drug-likeness (QED) is 0.632. The van der Waals surface area contributed by atoms with Crippen LogP contribution >= 0.6 is 0 Å². The van der Waals surface area contributed by atoms with Gasteiger partial charge in [-0.25, -0.2) is 0 Å². The van der Waals surface area contributed by atoms with Gasteiger partial charge in [-0.3, -0.25) is 9.78 Å². The van der Waals surface area contributed by atoms with Crippen molar-refractivity contribution in [2.24, 2.45) is 7.05 Å². The molecule has 3 heterocycles. The van der Waals surface area contributed by atoms with Crippen molar-refractivity contribution in [1.29, 1.82) is 0 Å². The molecule has 0 amide bonds. The van der Waals surface area contributed by atoms with Crippen LogP contribution in [0.15, 0.2) is 18.5 Å². The first-order valence-electron chi connectivity index (χ1n) is 5.42. The Morgan fingerprint density at radius 3 is 2.94 bits per heavy atom. The lowest BCUT2D eigenvalue weighted by molar-refractivity contribution is 0.771. The number of aryl methyl sites for hydroxylation is 1. The maximum Gasteiger partial charge on any atom is 0.226 e. The van der Waals surface area contributed by atoms with Gasteiger partial charge in [-0.1, -0.05) is 0 Å². The van der Waals surface area contributed by atoms with Crippen LogP contribution in [-0.2, 0) is 7.05 Å². The van der Waals surface area contributed by atoms with Gasteiger partial charge in [0, 0.05) is 26.4 Å². The average molecular weight is 244 g/mol. The van der Waals surface area contributed by atoms with E-state index in [1.165, 1.54) is 0 Å². The molecule has 0 bridgehead atoms. The number of hydrogen-bond donors (Lipinski definition) is 3. The molecule has 0 aliphatic carbocycles. The largest absolute Gasteiger partial charge is 0.357 e. The lowest BCUT2D eigenvalue weighted by Gasteiger charge is -2.05. The molecule has 0 unspecified atom stereocenters. The number of fused-ring (bicyclic) bond motifs is 1. The van der Waals surface area contributed by atoms with E-state index in [9.17, 15) is 0 Å². The summed E-state index contributed by atoms with van der Waals surface area (Å²) in [4.78, 5) is 8.61. The number of rotatable bonds is 3. The number of nitrogens with one attached hydrogen (secondary N) is 3. The molecule has 0 spiro atoms. The van der Waals surface area contributed by atoms with E-state index in [0.29, 0.717) is 17.4 Å². The van der Waals surface area contributed by atoms with E-state index in [-0.39, 0.29) is 0 Å². The predicted octanol–water partition coefficient (Wildman–Crippen LogP) is 0.872. The van der Waals surface area contributed by atoms with Gasteiger partial charge in [-0.2, -0.15) is 20.2 Å². The van der Waals surface area contributed by atoms with E-state index < -0.39 is 0 Å². The molecule has 0 radical (unpaired) electrons. The van der Waals surface area contributed by atoms with Crippen molar-refractivity contribution in [3.8, 4) is 0 Å². The Balaban J connectivity index is 2.06. The minimum absolute atomic E-state index is 0.519. The van der Waals surface area contributed by atoms with Crippen molar-refractivity contribution in [1.82, 2.24) is 29.9 Å². The van der Waals surface area contributed by atoms with E-state index in [1.54, 1.807) is 17.9 Å². The van der Waals surface area contributed by atoms with Gasteiger partial charge in [-0.05, 0) is 0 Å². The number of anilines is 3. The Hall–Kier alpha value is -2.64. The van der Waals surface area contributed by atoms with E-state index in [4.69, 9.17) is 0 Å². The van der Waals surface area contributed by atoms with Crippen LogP contribution < -0.4 is 10.6 Å². The molecule has 18 heavy (non-hydrogen) atoms. The molecule has 3 rings (SSSR count).